The molecule has 3 nitrogen and oxygen atoms in total. The Kier molecular flexibility index (Phi) is 3.53. The second-order valence-corrected chi connectivity index (χ2v) is 5.98. The zero-order chi connectivity index (χ0) is 13.2. The molecule has 2 heterocycles. The molecule has 19 heavy (non-hydrogen) atoms. The maximum Gasteiger partial charge on any atom is 0.137 e. The van der Waals surface area contributed by atoms with Crippen molar-refractivity contribution in [3.05, 3.63) is 45.4 Å². The summed E-state index contributed by atoms with van der Waals surface area (Å²) in [5.74, 6) is 0.791. The first-order chi connectivity index (χ1) is 9.28. The number of nitrogens with zero attached hydrogens (tertiary/aromatic N) is 1. The van der Waals surface area contributed by atoms with Gasteiger partial charge in [0.15, 0.2) is 0 Å². The maximum atomic E-state index is 6.36. The van der Waals surface area contributed by atoms with Crippen molar-refractivity contribution in [3.63, 3.8) is 0 Å². The highest BCUT2D eigenvalue weighted by atomic mass is 32.1. The van der Waals surface area contributed by atoms with Gasteiger partial charge in [0, 0.05) is 16.0 Å². The molecule has 0 saturated carbocycles. The topological polar surface area (TPSA) is 48.1 Å². The highest BCUT2D eigenvalue weighted by Crippen LogP contribution is 2.35. The number of ether oxygens (including phenoxy) is 1. The second-order valence-electron chi connectivity index (χ2n) is 4.82. The molecule has 2 N–H and O–H groups in total. The van der Waals surface area contributed by atoms with Crippen LogP contribution in [0.15, 0.2) is 24.5 Å². The smallest absolute Gasteiger partial charge is 0.137 e. The zero-order valence-corrected chi connectivity index (χ0v) is 11.9. The Morgan fingerprint density at radius 2 is 2.26 bits per heavy atom. The standard InChI is InChI=1S/C15H18N2OS/c1-2-18-12-6-11(8-17-9-12)15(16)14-7-10-4-3-5-13(10)19-14/h6-9,15H,2-5,16H2,1H3. The first-order valence-electron chi connectivity index (χ1n) is 6.72. The van der Waals surface area contributed by atoms with E-state index in [2.05, 4.69) is 11.1 Å². The molecule has 0 amide bonds. The molecule has 0 radical (unpaired) electrons. The van der Waals surface area contributed by atoms with E-state index in [1.807, 2.05) is 30.5 Å². The molecule has 1 aliphatic carbocycles. The van der Waals surface area contributed by atoms with Crippen molar-refractivity contribution in [2.75, 3.05) is 6.61 Å². The van der Waals surface area contributed by atoms with E-state index in [4.69, 9.17) is 10.5 Å². The summed E-state index contributed by atoms with van der Waals surface area (Å²) in [7, 11) is 0. The first kappa shape index (κ1) is 12.6. The molecular formula is C15H18N2OS. The minimum absolute atomic E-state index is 0.0940. The third-order valence-electron chi connectivity index (χ3n) is 3.48. The fraction of sp³-hybridized carbons (Fsp3) is 0.400. The number of nitrogens with two attached hydrogens (primary N) is 1. The molecule has 2 aromatic heterocycles. The summed E-state index contributed by atoms with van der Waals surface area (Å²) >= 11 is 1.85. The fourth-order valence-electron chi connectivity index (χ4n) is 2.52. The van der Waals surface area contributed by atoms with Crippen LogP contribution in [0.1, 0.15) is 40.3 Å². The maximum absolute atomic E-state index is 6.36. The number of aromatic nitrogens is 1. The van der Waals surface area contributed by atoms with E-state index in [1.165, 1.54) is 34.6 Å². The monoisotopic (exact) mass is 274 g/mol. The molecule has 0 bridgehead atoms. The molecule has 1 atom stereocenters. The van der Waals surface area contributed by atoms with Crippen LogP contribution in [0.25, 0.3) is 0 Å². The average molecular weight is 274 g/mol. The number of hydrogen-bond acceptors (Lipinski definition) is 4. The van der Waals surface area contributed by atoms with Crippen LogP contribution in [0.5, 0.6) is 5.75 Å². The SMILES string of the molecule is CCOc1cncc(C(N)c2cc3c(s2)CCC3)c1. The summed E-state index contributed by atoms with van der Waals surface area (Å²) in [6, 6.07) is 4.17. The highest BCUT2D eigenvalue weighted by Gasteiger charge is 2.19. The summed E-state index contributed by atoms with van der Waals surface area (Å²) in [4.78, 5) is 6.96. The Morgan fingerprint density at radius 3 is 3.05 bits per heavy atom. The van der Waals surface area contributed by atoms with Crippen molar-refractivity contribution in [2.45, 2.75) is 32.2 Å². The molecule has 4 heteroatoms. The fourth-order valence-corrected chi connectivity index (χ4v) is 3.81. The number of thiophene rings is 1. The molecule has 100 valence electrons. The van der Waals surface area contributed by atoms with Crippen LogP contribution < -0.4 is 10.5 Å². The lowest BCUT2D eigenvalue weighted by Crippen LogP contribution is -2.11. The molecule has 1 unspecified atom stereocenters. The van der Waals surface area contributed by atoms with E-state index < -0.39 is 0 Å². The van der Waals surface area contributed by atoms with Gasteiger partial charge in [-0.2, -0.15) is 0 Å². The Bertz CT molecular complexity index is 558. The molecule has 0 saturated heterocycles. The van der Waals surface area contributed by atoms with Gasteiger partial charge in [-0.1, -0.05) is 0 Å². The van der Waals surface area contributed by atoms with Gasteiger partial charge in [0.1, 0.15) is 5.75 Å². The normalized spacial score (nSPS) is 15.3. The first-order valence-corrected chi connectivity index (χ1v) is 7.54. The van der Waals surface area contributed by atoms with Crippen molar-refractivity contribution in [2.24, 2.45) is 5.73 Å². The Balaban J connectivity index is 1.86. The lowest BCUT2D eigenvalue weighted by molar-refractivity contribution is 0.338. The predicted molar refractivity (Wildman–Crippen MR) is 77.8 cm³/mol. The molecule has 0 aliphatic heterocycles. The molecule has 2 aromatic rings. The largest absolute Gasteiger partial charge is 0.492 e. The van der Waals surface area contributed by atoms with Crippen LogP contribution in [-0.4, -0.2) is 11.6 Å². The van der Waals surface area contributed by atoms with Gasteiger partial charge in [-0.25, -0.2) is 0 Å². The van der Waals surface area contributed by atoms with Gasteiger partial charge in [0.2, 0.25) is 0 Å². The number of hydrogen-bond donors (Lipinski definition) is 1. The van der Waals surface area contributed by atoms with E-state index in [1.54, 1.807) is 6.20 Å². The van der Waals surface area contributed by atoms with Gasteiger partial charge < -0.3 is 10.5 Å². The van der Waals surface area contributed by atoms with Crippen LogP contribution >= 0.6 is 11.3 Å². The summed E-state index contributed by atoms with van der Waals surface area (Å²) in [6.07, 6.45) is 7.27. The van der Waals surface area contributed by atoms with Gasteiger partial charge in [0.25, 0.3) is 0 Å². The minimum Gasteiger partial charge on any atom is -0.492 e. The number of pyridine rings is 1. The third-order valence-corrected chi connectivity index (χ3v) is 4.80. The van der Waals surface area contributed by atoms with Crippen LogP contribution in [0.2, 0.25) is 0 Å². The third kappa shape index (κ3) is 2.51. The summed E-state index contributed by atoms with van der Waals surface area (Å²) < 4.78 is 5.48. The number of rotatable bonds is 4. The second kappa shape index (κ2) is 5.31. The lowest BCUT2D eigenvalue weighted by atomic mass is 10.1. The van der Waals surface area contributed by atoms with Crippen molar-refractivity contribution in [3.8, 4) is 5.75 Å². The Hall–Kier alpha value is -1.39. The van der Waals surface area contributed by atoms with E-state index in [-0.39, 0.29) is 6.04 Å². The summed E-state index contributed by atoms with van der Waals surface area (Å²) in [5.41, 5.74) is 8.87. The highest BCUT2D eigenvalue weighted by molar-refractivity contribution is 7.12. The summed E-state index contributed by atoms with van der Waals surface area (Å²) in [6.45, 7) is 2.62. The van der Waals surface area contributed by atoms with Crippen molar-refractivity contribution in [1.82, 2.24) is 4.98 Å². The average Bonchev–Trinajstić information content (AvgIpc) is 2.99. The van der Waals surface area contributed by atoms with Crippen LogP contribution in [0.4, 0.5) is 0 Å². The Labute approximate surface area is 117 Å². The van der Waals surface area contributed by atoms with E-state index in [9.17, 15) is 0 Å². The minimum atomic E-state index is -0.0940. The molecule has 0 fully saturated rings. The summed E-state index contributed by atoms with van der Waals surface area (Å²) in [5, 5.41) is 0. The van der Waals surface area contributed by atoms with E-state index in [0.717, 1.165) is 11.3 Å². The van der Waals surface area contributed by atoms with Crippen molar-refractivity contribution in [1.29, 1.82) is 0 Å². The van der Waals surface area contributed by atoms with Gasteiger partial charge >= 0.3 is 0 Å². The zero-order valence-electron chi connectivity index (χ0n) is 11.1. The molecule has 1 aliphatic rings. The van der Waals surface area contributed by atoms with E-state index in [0.29, 0.717) is 6.61 Å². The van der Waals surface area contributed by atoms with Crippen LogP contribution in [-0.2, 0) is 12.8 Å². The molecule has 3 rings (SSSR count). The van der Waals surface area contributed by atoms with Gasteiger partial charge in [-0.3, -0.25) is 4.98 Å². The van der Waals surface area contributed by atoms with Crippen molar-refractivity contribution >= 4 is 11.3 Å². The van der Waals surface area contributed by atoms with Crippen LogP contribution in [0.3, 0.4) is 0 Å². The van der Waals surface area contributed by atoms with Crippen LogP contribution in [0, 0.1) is 0 Å². The number of fused-ring (bicyclic) bond motifs is 1. The van der Waals surface area contributed by atoms with Gasteiger partial charge in [0.05, 0.1) is 18.8 Å². The molecule has 0 aromatic carbocycles. The molecular weight excluding hydrogens is 256 g/mol. The quantitative estimate of drug-likeness (QED) is 0.932. The van der Waals surface area contributed by atoms with Gasteiger partial charge in [-0.15, -0.1) is 11.3 Å². The van der Waals surface area contributed by atoms with Gasteiger partial charge in [-0.05, 0) is 49.4 Å². The van der Waals surface area contributed by atoms with E-state index >= 15 is 0 Å². The number of aryl methyl sites for hydroxylation is 2. The molecule has 0 spiro atoms. The lowest BCUT2D eigenvalue weighted by Gasteiger charge is -2.11. The Morgan fingerprint density at radius 1 is 1.37 bits per heavy atom. The van der Waals surface area contributed by atoms with Crippen molar-refractivity contribution < 1.29 is 4.74 Å². The predicted octanol–water partition coefficient (Wildman–Crippen LogP) is 3.08.